The van der Waals surface area contributed by atoms with Gasteiger partial charge in [-0.1, -0.05) is 0 Å². The van der Waals surface area contributed by atoms with E-state index < -0.39 is 0 Å². The van der Waals surface area contributed by atoms with Gasteiger partial charge in [0, 0.05) is 32.0 Å². The molecule has 144 valence electrons. The summed E-state index contributed by atoms with van der Waals surface area (Å²) < 4.78 is 16.3. The number of H-pyrrole nitrogens is 1. The van der Waals surface area contributed by atoms with Crippen molar-refractivity contribution in [3.05, 3.63) is 45.1 Å². The maximum absolute atomic E-state index is 12.5. The van der Waals surface area contributed by atoms with E-state index in [0.717, 1.165) is 48.5 Å². The van der Waals surface area contributed by atoms with Crippen molar-refractivity contribution in [1.29, 1.82) is 0 Å². The third-order valence-electron chi connectivity index (χ3n) is 5.26. The number of ether oxygens (including phenoxy) is 3. The quantitative estimate of drug-likeness (QED) is 0.839. The zero-order valence-corrected chi connectivity index (χ0v) is 16.0. The molecule has 0 bridgehead atoms. The first-order chi connectivity index (χ1) is 13.1. The van der Waals surface area contributed by atoms with Gasteiger partial charge in [-0.25, -0.2) is 4.98 Å². The molecule has 27 heavy (non-hydrogen) atoms. The zero-order chi connectivity index (χ0) is 19.0. The van der Waals surface area contributed by atoms with Crippen LogP contribution >= 0.6 is 0 Å². The van der Waals surface area contributed by atoms with E-state index in [-0.39, 0.29) is 5.56 Å². The summed E-state index contributed by atoms with van der Waals surface area (Å²) in [5.41, 5.74) is 2.81. The number of aromatic amines is 1. The summed E-state index contributed by atoms with van der Waals surface area (Å²) in [6.07, 6.45) is 3.06. The van der Waals surface area contributed by atoms with Crippen molar-refractivity contribution in [1.82, 2.24) is 14.9 Å². The molecule has 2 aliphatic rings. The van der Waals surface area contributed by atoms with E-state index in [0.29, 0.717) is 36.3 Å². The SMILES string of the molecule is COc1cc(CN2CCc3nc(C4CC4)[nH]c(=O)c3C2)cc(OC)c1OC. The lowest BCUT2D eigenvalue weighted by molar-refractivity contribution is 0.240. The minimum Gasteiger partial charge on any atom is -0.493 e. The largest absolute Gasteiger partial charge is 0.493 e. The van der Waals surface area contributed by atoms with E-state index in [2.05, 4.69) is 9.88 Å². The maximum Gasteiger partial charge on any atom is 0.255 e. The molecule has 1 aliphatic carbocycles. The number of rotatable bonds is 6. The van der Waals surface area contributed by atoms with E-state index in [1.165, 1.54) is 0 Å². The van der Waals surface area contributed by atoms with Crippen LogP contribution in [0.4, 0.5) is 0 Å². The highest BCUT2D eigenvalue weighted by Crippen LogP contribution is 2.39. The minimum absolute atomic E-state index is 0.0106. The molecule has 1 saturated carbocycles. The van der Waals surface area contributed by atoms with Crippen LogP contribution in [0.25, 0.3) is 0 Å². The zero-order valence-electron chi connectivity index (χ0n) is 16.0. The molecule has 1 N–H and O–H groups in total. The molecule has 1 aromatic heterocycles. The van der Waals surface area contributed by atoms with E-state index >= 15 is 0 Å². The van der Waals surface area contributed by atoms with Crippen molar-refractivity contribution in [3.63, 3.8) is 0 Å². The summed E-state index contributed by atoms with van der Waals surface area (Å²) in [5, 5.41) is 0. The standard InChI is InChI=1S/C20H25N3O4/c1-25-16-8-12(9-17(26-2)18(16)27-3)10-23-7-6-15-14(11-23)20(24)22-19(21-15)13-4-5-13/h8-9,13H,4-7,10-11H2,1-3H3,(H,21,22,24). The van der Waals surface area contributed by atoms with Crippen LogP contribution in [0.5, 0.6) is 17.2 Å². The Kier molecular flexibility index (Phi) is 4.78. The molecule has 0 unspecified atom stereocenters. The number of methoxy groups -OCH3 is 3. The van der Waals surface area contributed by atoms with Crippen LogP contribution in [-0.2, 0) is 19.5 Å². The van der Waals surface area contributed by atoms with Gasteiger partial charge in [0.1, 0.15) is 5.82 Å². The van der Waals surface area contributed by atoms with Crippen LogP contribution in [0, 0.1) is 0 Å². The summed E-state index contributed by atoms with van der Waals surface area (Å²) in [6.45, 7) is 2.16. The highest BCUT2D eigenvalue weighted by atomic mass is 16.5. The second-order valence-corrected chi connectivity index (χ2v) is 7.14. The topological polar surface area (TPSA) is 76.7 Å². The molecule has 1 aliphatic heterocycles. The summed E-state index contributed by atoms with van der Waals surface area (Å²) in [5.74, 6) is 3.19. The number of benzene rings is 1. The Bertz CT molecular complexity index is 880. The fourth-order valence-electron chi connectivity index (χ4n) is 3.67. The van der Waals surface area contributed by atoms with Crippen LogP contribution in [0.1, 0.15) is 41.4 Å². The average molecular weight is 371 g/mol. The van der Waals surface area contributed by atoms with E-state index in [9.17, 15) is 4.79 Å². The lowest BCUT2D eigenvalue weighted by Crippen LogP contribution is -2.35. The van der Waals surface area contributed by atoms with E-state index in [1.807, 2.05) is 12.1 Å². The first-order valence-electron chi connectivity index (χ1n) is 9.26. The fraction of sp³-hybridized carbons (Fsp3) is 0.500. The third-order valence-corrected chi connectivity index (χ3v) is 5.26. The summed E-state index contributed by atoms with van der Waals surface area (Å²) in [7, 11) is 4.82. The Hall–Kier alpha value is -2.54. The van der Waals surface area contributed by atoms with Gasteiger partial charge in [0.15, 0.2) is 11.5 Å². The van der Waals surface area contributed by atoms with Crippen molar-refractivity contribution in [2.24, 2.45) is 0 Å². The minimum atomic E-state index is 0.0106. The van der Waals surface area contributed by atoms with Gasteiger partial charge in [0.2, 0.25) is 5.75 Å². The van der Waals surface area contributed by atoms with Crippen LogP contribution in [0.2, 0.25) is 0 Å². The van der Waals surface area contributed by atoms with Crippen molar-refractivity contribution < 1.29 is 14.2 Å². The van der Waals surface area contributed by atoms with E-state index in [4.69, 9.17) is 19.2 Å². The molecule has 0 atom stereocenters. The summed E-state index contributed by atoms with van der Waals surface area (Å²) in [4.78, 5) is 22.5. The molecule has 7 nitrogen and oxygen atoms in total. The van der Waals surface area contributed by atoms with Crippen LogP contribution in [0.15, 0.2) is 16.9 Å². The number of hydrogen-bond donors (Lipinski definition) is 1. The maximum atomic E-state index is 12.5. The van der Waals surface area contributed by atoms with Gasteiger partial charge < -0.3 is 19.2 Å². The Morgan fingerprint density at radius 3 is 2.44 bits per heavy atom. The number of nitrogens with one attached hydrogen (secondary N) is 1. The van der Waals surface area contributed by atoms with Crippen molar-refractivity contribution in [3.8, 4) is 17.2 Å². The molecule has 0 saturated heterocycles. The highest BCUT2D eigenvalue weighted by molar-refractivity contribution is 5.53. The Morgan fingerprint density at radius 2 is 1.85 bits per heavy atom. The third kappa shape index (κ3) is 3.51. The second kappa shape index (κ2) is 7.23. The first-order valence-corrected chi connectivity index (χ1v) is 9.26. The van der Waals surface area contributed by atoms with Gasteiger partial charge in [-0.2, -0.15) is 0 Å². The Labute approximate surface area is 158 Å². The van der Waals surface area contributed by atoms with Gasteiger partial charge >= 0.3 is 0 Å². The molecule has 7 heteroatoms. The molecular formula is C20H25N3O4. The van der Waals surface area contributed by atoms with Crippen molar-refractivity contribution in [2.45, 2.75) is 38.3 Å². The molecule has 2 heterocycles. The monoisotopic (exact) mass is 371 g/mol. The predicted molar refractivity (Wildman–Crippen MR) is 101 cm³/mol. The molecular weight excluding hydrogens is 346 g/mol. The molecule has 0 spiro atoms. The van der Waals surface area contributed by atoms with Crippen LogP contribution in [-0.4, -0.2) is 42.7 Å². The van der Waals surface area contributed by atoms with Gasteiger partial charge in [-0.3, -0.25) is 9.69 Å². The molecule has 1 aromatic carbocycles. The highest BCUT2D eigenvalue weighted by Gasteiger charge is 2.29. The lowest BCUT2D eigenvalue weighted by Gasteiger charge is -2.28. The fourth-order valence-corrected chi connectivity index (χ4v) is 3.67. The predicted octanol–water partition coefficient (Wildman–Crippen LogP) is 2.23. The van der Waals surface area contributed by atoms with Gasteiger partial charge in [-0.05, 0) is 30.5 Å². The van der Waals surface area contributed by atoms with Crippen molar-refractivity contribution >= 4 is 0 Å². The number of aromatic nitrogens is 2. The molecule has 0 radical (unpaired) electrons. The second-order valence-electron chi connectivity index (χ2n) is 7.14. The Morgan fingerprint density at radius 1 is 1.15 bits per heavy atom. The van der Waals surface area contributed by atoms with Crippen LogP contribution in [0.3, 0.4) is 0 Å². The molecule has 4 rings (SSSR count). The van der Waals surface area contributed by atoms with Crippen molar-refractivity contribution in [2.75, 3.05) is 27.9 Å². The number of fused-ring (bicyclic) bond motifs is 1. The summed E-state index contributed by atoms with van der Waals surface area (Å²) >= 11 is 0. The van der Waals surface area contributed by atoms with E-state index in [1.54, 1.807) is 21.3 Å². The molecule has 0 amide bonds. The van der Waals surface area contributed by atoms with Gasteiger partial charge in [-0.15, -0.1) is 0 Å². The average Bonchev–Trinajstić information content (AvgIpc) is 3.52. The lowest BCUT2D eigenvalue weighted by atomic mass is 10.1. The first kappa shape index (κ1) is 17.9. The van der Waals surface area contributed by atoms with Gasteiger partial charge in [0.25, 0.3) is 5.56 Å². The smallest absolute Gasteiger partial charge is 0.255 e. The number of nitrogens with zero attached hydrogens (tertiary/aromatic N) is 2. The molecule has 1 fully saturated rings. The summed E-state index contributed by atoms with van der Waals surface area (Å²) in [6, 6.07) is 3.91. The molecule has 2 aromatic rings. The van der Waals surface area contributed by atoms with Crippen LogP contribution < -0.4 is 19.8 Å². The number of hydrogen-bond acceptors (Lipinski definition) is 6. The Balaban J connectivity index is 1.56. The normalized spacial score (nSPS) is 16.7. The van der Waals surface area contributed by atoms with Gasteiger partial charge in [0.05, 0.1) is 32.6 Å².